The Bertz CT molecular complexity index is 1110. The molecule has 2 aromatic carbocycles. The molecular weight excluding hydrogens is 436 g/mol. The minimum atomic E-state index is -0.494. The molecule has 1 saturated heterocycles. The number of para-hydroxylation sites is 1. The van der Waals surface area contributed by atoms with Gasteiger partial charge in [0.1, 0.15) is 17.7 Å². The van der Waals surface area contributed by atoms with E-state index < -0.39 is 6.04 Å². The molecule has 0 bridgehead atoms. The molecule has 2 heterocycles. The third kappa shape index (κ3) is 5.99. The van der Waals surface area contributed by atoms with Gasteiger partial charge in [0.2, 0.25) is 5.91 Å². The second-order valence-electron chi connectivity index (χ2n) is 8.96. The van der Waals surface area contributed by atoms with Gasteiger partial charge in [-0.25, -0.2) is 9.97 Å². The van der Waals surface area contributed by atoms with E-state index in [0.717, 1.165) is 54.5 Å². The maximum atomic E-state index is 12.0. The van der Waals surface area contributed by atoms with Gasteiger partial charge in [-0.3, -0.25) is 14.6 Å². The lowest BCUT2D eigenvalue weighted by Crippen LogP contribution is -2.45. The van der Waals surface area contributed by atoms with Crippen LogP contribution in [0.15, 0.2) is 48.5 Å². The number of nitrogens with one attached hydrogen (secondary N) is 1. The van der Waals surface area contributed by atoms with E-state index in [2.05, 4.69) is 21.2 Å². The van der Waals surface area contributed by atoms with Crippen LogP contribution in [0.4, 0.5) is 5.82 Å². The number of hydrogen-bond acceptors (Lipinski definition) is 6. The average molecular weight is 467 g/mol. The molecule has 0 unspecified atom stereocenters. The monoisotopic (exact) mass is 466 g/mol. The van der Waals surface area contributed by atoms with Gasteiger partial charge in [0.25, 0.3) is 0 Å². The first kappa shape index (κ1) is 23.4. The summed E-state index contributed by atoms with van der Waals surface area (Å²) in [7, 11) is 0. The maximum Gasteiger partial charge on any atom is 0.240 e. The van der Waals surface area contributed by atoms with Gasteiger partial charge in [0.15, 0.2) is 0 Å². The lowest BCUT2D eigenvalue weighted by molar-refractivity contribution is -0.119. The Kier molecular flexibility index (Phi) is 7.42. The van der Waals surface area contributed by atoms with Crippen LogP contribution in [0.2, 0.25) is 5.02 Å². The molecule has 0 spiro atoms. The predicted octanol–water partition coefficient (Wildman–Crippen LogP) is 3.52. The molecule has 0 aliphatic carbocycles. The number of halogens is 1. The number of anilines is 1. The topological polar surface area (TPSA) is 87.4 Å². The van der Waals surface area contributed by atoms with Crippen LogP contribution in [-0.2, 0) is 17.9 Å². The summed E-state index contributed by atoms with van der Waals surface area (Å²) in [4.78, 5) is 26.4. The molecule has 1 amide bonds. The average Bonchev–Trinajstić information content (AvgIpc) is 2.78. The smallest absolute Gasteiger partial charge is 0.240 e. The maximum absolute atomic E-state index is 12.0. The highest BCUT2D eigenvalue weighted by molar-refractivity contribution is 6.30. The number of rotatable bonds is 8. The van der Waals surface area contributed by atoms with Crippen molar-refractivity contribution in [3.8, 4) is 0 Å². The summed E-state index contributed by atoms with van der Waals surface area (Å²) < 4.78 is 0. The fraction of sp³-hybridized carbons (Fsp3) is 0.400. The minimum absolute atomic E-state index is 0.0484. The quantitative estimate of drug-likeness (QED) is 0.528. The van der Waals surface area contributed by atoms with Crippen molar-refractivity contribution in [2.75, 3.05) is 31.5 Å². The molecule has 1 aromatic heterocycles. The third-order valence-corrected chi connectivity index (χ3v) is 6.28. The number of nitrogens with zero attached hydrogens (tertiary/aromatic N) is 4. The summed E-state index contributed by atoms with van der Waals surface area (Å²) in [6.07, 6.45) is 0. The number of carbonyl (C=O) groups excluding carboxylic acids is 1. The minimum Gasteiger partial charge on any atom is -0.368 e. The van der Waals surface area contributed by atoms with Gasteiger partial charge in [-0.15, -0.1) is 0 Å². The lowest BCUT2D eigenvalue weighted by Gasteiger charge is -2.34. The summed E-state index contributed by atoms with van der Waals surface area (Å²) in [6, 6.07) is 15.4. The molecule has 1 fully saturated rings. The van der Waals surface area contributed by atoms with Crippen molar-refractivity contribution in [1.29, 1.82) is 0 Å². The first-order chi connectivity index (χ1) is 15.9. The van der Waals surface area contributed by atoms with Crippen LogP contribution in [0.5, 0.6) is 0 Å². The first-order valence-corrected chi connectivity index (χ1v) is 11.8. The molecular formula is C25H31ClN6O. The SMILES string of the molecule is CC(C)[C@H](Nc1nc(CN2CCN(Cc3cccc(Cl)c3)CC2)nc2ccccc12)C(N)=O. The number of piperazine rings is 1. The van der Waals surface area contributed by atoms with Crippen molar-refractivity contribution in [1.82, 2.24) is 19.8 Å². The van der Waals surface area contributed by atoms with E-state index in [0.29, 0.717) is 12.4 Å². The zero-order chi connectivity index (χ0) is 23.4. The van der Waals surface area contributed by atoms with Crippen molar-refractivity contribution in [2.45, 2.75) is 33.0 Å². The molecule has 1 atom stereocenters. The Labute approximate surface area is 199 Å². The van der Waals surface area contributed by atoms with E-state index in [1.807, 2.05) is 56.3 Å². The number of carbonyl (C=O) groups is 1. The standard InChI is InChI=1S/C25H31ClN6O/c1-17(2)23(24(27)33)30-25-20-8-3-4-9-21(20)28-22(29-25)16-32-12-10-31(11-13-32)15-18-6-5-7-19(26)14-18/h3-9,14,17,23H,10-13,15-16H2,1-2H3,(H2,27,33)(H,28,29,30)/t23-/m0/s1. The second-order valence-corrected chi connectivity index (χ2v) is 9.39. The third-order valence-electron chi connectivity index (χ3n) is 6.04. The van der Waals surface area contributed by atoms with Crippen molar-refractivity contribution in [3.63, 3.8) is 0 Å². The molecule has 1 aliphatic heterocycles. The molecule has 7 nitrogen and oxygen atoms in total. The number of hydrogen-bond donors (Lipinski definition) is 2. The zero-order valence-corrected chi connectivity index (χ0v) is 19.9. The first-order valence-electron chi connectivity index (χ1n) is 11.4. The van der Waals surface area contributed by atoms with Crippen molar-refractivity contribution >= 4 is 34.2 Å². The van der Waals surface area contributed by atoms with Crippen LogP contribution in [0.3, 0.4) is 0 Å². The van der Waals surface area contributed by atoms with Gasteiger partial charge in [0.05, 0.1) is 12.1 Å². The summed E-state index contributed by atoms with van der Waals surface area (Å²) in [5, 5.41) is 4.94. The highest BCUT2D eigenvalue weighted by Crippen LogP contribution is 2.23. The van der Waals surface area contributed by atoms with Gasteiger partial charge >= 0.3 is 0 Å². The number of benzene rings is 2. The predicted molar refractivity (Wildman–Crippen MR) is 133 cm³/mol. The summed E-state index contributed by atoms with van der Waals surface area (Å²) in [6.45, 7) is 9.33. The van der Waals surface area contributed by atoms with Crippen LogP contribution < -0.4 is 11.1 Å². The van der Waals surface area contributed by atoms with Gasteiger partial charge in [-0.05, 0) is 35.7 Å². The van der Waals surface area contributed by atoms with E-state index in [9.17, 15) is 4.79 Å². The van der Waals surface area contributed by atoms with Crippen LogP contribution in [0.1, 0.15) is 25.2 Å². The Morgan fingerprint density at radius 3 is 2.39 bits per heavy atom. The van der Waals surface area contributed by atoms with Crippen LogP contribution in [0.25, 0.3) is 10.9 Å². The number of aromatic nitrogens is 2. The highest BCUT2D eigenvalue weighted by atomic mass is 35.5. The van der Waals surface area contributed by atoms with Crippen LogP contribution in [-0.4, -0.2) is 57.9 Å². The largest absolute Gasteiger partial charge is 0.368 e. The van der Waals surface area contributed by atoms with E-state index >= 15 is 0 Å². The molecule has 0 saturated carbocycles. The molecule has 3 N–H and O–H groups in total. The van der Waals surface area contributed by atoms with Crippen molar-refractivity contribution < 1.29 is 4.79 Å². The lowest BCUT2D eigenvalue weighted by atomic mass is 10.0. The molecule has 3 aromatic rings. The highest BCUT2D eigenvalue weighted by Gasteiger charge is 2.22. The van der Waals surface area contributed by atoms with Gasteiger partial charge in [0, 0.05) is 43.1 Å². The Morgan fingerprint density at radius 2 is 1.73 bits per heavy atom. The molecule has 174 valence electrons. The van der Waals surface area contributed by atoms with Gasteiger partial charge < -0.3 is 11.1 Å². The summed E-state index contributed by atoms with van der Waals surface area (Å²) >= 11 is 6.12. The molecule has 1 aliphatic rings. The fourth-order valence-electron chi connectivity index (χ4n) is 4.22. The summed E-state index contributed by atoms with van der Waals surface area (Å²) in [5.41, 5.74) is 7.72. The van der Waals surface area contributed by atoms with Crippen LogP contribution >= 0.6 is 11.6 Å². The Balaban J connectivity index is 1.45. The molecule has 4 rings (SSSR count). The molecule has 0 radical (unpaired) electrons. The second kappa shape index (κ2) is 10.5. The number of amides is 1. The van der Waals surface area contributed by atoms with Crippen molar-refractivity contribution in [3.05, 3.63) is 64.9 Å². The van der Waals surface area contributed by atoms with E-state index in [4.69, 9.17) is 27.3 Å². The number of primary amides is 1. The number of nitrogens with two attached hydrogens (primary N) is 1. The number of fused-ring (bicyclic) bond motifs is 1. The van der Waals surface area contributed by atoms with Gasteiger partial charge in [-0.1, -0.05) is 49.7 Å². The molecule has 33 heavy (non-hydrogen) atoms. The Morgan fingerprint density at radius 1 is 1.03 bits per heavy atom. The van der Waals surface area contributed by atoms with Crippen molar-refractivity contribution in [2.24, 2.45) is 11.7 Å². The summed E-state index contributed by atoms with van der Waals surface area (Å²) in [5.74, 6) is 1.07. The molecule has 8 heteroatoms. The van der Waals surface area contributed by atoms with Gasteiger partial charge in [-0.2, -0.15) is 0 Å². The Hall–Kier alpha value is -2.74. The van der Waals surface area contributed by atoms with E-state index in [1.165, 1.54) is 5.56 Å². The fourth-order valence-corrected chi connectivity index (χ4v) is 4.43. The zero-order valence-electron chi connectivity index (χ0n) is 19.2. The van der Waals surface area contributed by atoms with E-state index in [-0.39, 0.29) is 11.8 Å². The normalized spacial score (nSPS) is 16.2. The van der Waals surface area contributed by atoms with Crippen LogP contribution in [0, 0.1) is 5.92 Å². The van der Waals surface area contributed by atoms with E-state index in [1.54, 1.807) is 0 Å².